The van der Waals surface area contributed by atoms with Crippen molar-refractivity contribution in [3.05, 3.63) is 0 Å². The van der Waals surface area contributed by atoms with Crippen molar-refractivity contribution in [3.63, 3.8) is 0 Å². The second-order valence-electron chi connectivity index (χ2n) is 5.01. The van der Waals surface area contributed by atoms with Gasteiger partial charge in [0.1, 0.15) is 0 Å². The Labute approximate surface area is 103 Å². The number of amides is 1. The Balaban J connectivity index is 2.69. The van der Waals surface area contributed by atoms with Crippen LogP contribution in [0.3, 0.4) is 0 Å². The zero-order chi connectivity index (χ0) is 12.3. The van der Waals surface area contributed by atoms with Gasteiger partial charge in [-0.25, -0.2) is 0 Å². The molecule has 0 heterocycles. The van der Waals surface area contributed by atoms with Gasteiger partial charge >= 0.3 is 0 Å². The zero-order valence-corrected chi connectivity index (χ0v) is 11.2. The molecule has 1 aliphatic carbocycles. The van der Waals surface area contributed by atoms with Crippen LogP contribution in [0.25, 0.3) is 0 Å². The van der Waals surface area contributed by atoms with Crippen molar-refractivity contribution in [2.24, 2.45) is 17.6 Å². The van der Waals surface area contributed by atoms with Gasteiger partial charge in [0.2, 0.25) is 5.91 Å². The van der Waals surface area contributed by atoms with Crippen molar-refractivity contribution in [1.82, 2.24) is 4.90 Å². The number of nitrogens with two attached hydrogens (primary N) is 1. The van der Waals surface area contributed by atoms with Crippen LogP contribution in [0.4, 0.5) is 0 Å². The van der Waals surface area contributed by atoms with Gasteiger partial charge in [0.25, 0.3) is 0 Å². The van der Waals surface area contributed by atoms with E-state index >= 15 is 0 Å². The normalized spacial score (nSPS) is 18.8. The molecular weight excluding hydrogens is 220 g/mol. The Kier molecular flexibility index (Phi) is 4.71. The van der Waals surface area contributed by atoms with Gasteiger partial charge in [0, 0.05) is 13.1 Å². The monoisotopic (exact) mass is 242 g/mol. The molecule has 0 aliphatic heterocycles. The Hall–Kier alpha value is -0.640. The van der Waals surface area contributed by atoms with E-state index in [9.17, 15) is 4.79 Å². The maximum absolute atomic E-state index is 12.3. The standard InChI is InChI=1S/C12H22N2OS/c1-8(2)10(11(13)16)12(15)14(3)9-6-4-5-7-9/h8-10H,4-7H2,1-3H3,(H2,13,16). The molecular formula is C12H22N2OS. The fraction of sp³-hybridized carbons (Fsp3) is 0.833. The minimum absolute atomic E-state index is 0.0920. The van der Waals surface area contributed by atoms with Gasteiger partial charge < -0.3 is 10.6 Å². The van der Waals surface area contributed by atoms with Crippen LogP contribution in [-0.4, -0.2) is 28.9 Å². The minimum atomic E-state index is -0.305. The maximum atomic E-state index is 12.3. The lowest BCUT2D eigenvalue weighted by molar-refractivity contribution is -0.135. The van der Waals surface area contributed by atoms with Crippen LogP contribution in [0, 0.1) is 11.8 Å². The fourth-order valence-electron chi connectivity index (χ4n) is 2.43. The highest BCUT2D eigenvalue weighted by atomic mass is 32.1. The molecule has 0 aromatic rings. The van der Waals surface area contributed by atoms with Gasteiger partial charge in [0.15, 0.2) is 0 Å². The summed E-state index contributed by atoms with van der Waals surface area (Å²) in [7, 11) is 1.88. The first-order chi connectivity index (χ1) is 7.45. The van der Waals surface area contributed by atoms with E-state index in [0.717, 1.165) is 12.8 Å². The Morgan fingerprint density at radius 1 is 1.38 bits per heavy atom. The van der Waals surface area contributed by atoms with Crippen LogP contribution >= 0.6 is 12.2 Å². The van der Waals surface area contributed by atoms with Crippen molar-refractivity contribution in [1.29, 1.82) is 0 Å². The first-order valence-corrected chi connectivity index (χ1v) is 6.42. The van der Waals surface area contributed by atoms with Crippen LogP contribution in [0.5, 0.6) is 0 Å². The van der Waals surface area contributed by atoms with E-state index in [0.29, 0.717) is 11.0 Å². The molecule has 0 radical (unpaired) electrons. The van der Waals surface area contributed by atoms with Gasteiger partial charge in [-0.05, 0) is 18.8 Å². The molecule has 1 rings (SSSR count). The molecule has 1 amide bonds. The number of carbonyl (C=O) groups excluding carboxylic acids is 1. The van der Waals surface area contributed by atoms with Crippen LogP contribution in [0.1, 0.15) is 39.5 Å². The second-order valence-corrected chi connectivity index (χ2v) is 5.48. The number of hydrogen-bond acceptors (Lipinski definition) is 2. The van der Waals surface area contributed by atoms with E-state index in [1.54, 1.807) is 0 Å². The molecule has 3 nitrogen and oxygen atoms in total. The van der Waals surface area contributed by atoms with E-state index in [1.165, 1.54) is 12.8 Å². The average Bonchev–Trinajstić information content (AvgIpc) is 2.67. The van der Waals surface area contributed by atoms with Crippen LogP contribution in [0.15, 0.2) is 0 Å². The van der Waals surface area contributed by atoms with E-state index in [1.807, 2.05) is 25.8 Å². The van der Waals surface area contributed by atoms with Crippen molar-refractivity contribution in [2.75, 3.05) is 7.05 Å². The van der Waals surface area contributed by atoms with Gasteiger partial charge in [-0.1, -0.05) is 38.9 Å². The summed E-state index contributed by atoms with van der Waals surface area (Å²) in [6.07, 6.45) is 4.68. The van der Waals surface area contributed by atoms with Crippen molar-refractivity contribution in [2.45, 2.75) is 45.6 Å². The quantitative estimate of drug-likeness (QED) is 0.766. The van der Waals surface area contributed by atoms with Crippen molar-refractivity contribution >= 4 is 23.1 Å². The van der Waals surface area contributed by atoms with Gasteiger partial charge in [-0.2, -0.15) is 0 Å². The van der Waals surface area contributed by atoms with Gasteiger partial charge in [-0.15, -0.1) is 0 Å². The maximum Gasteiger partial charge on any atom is 0.232 e. The second kappa shape index (κ2) is 5.62. The third-order valence-corrected chi connectivity index (χ3v) is 3.71. The topological polar surface area (TPSA) is 46.3 Å². The number of nitrogens with zero attached hydrogens (tertiary/aromatic N) is 1. The molecule has 1 fully saturated rings. The summed E-state index contributed by atoms with van der Waals surface area (Å²) in [5.74, 6) is -0.0381. The predicted octanol–water partition coefficient (Wildman–Crippen LogP) is 1.95. The predicted molar refractivity (Wildman–Crippen MR) is 70.1 cm³/mol. The first-order valence-electron chi connectivity index (χ1n) is 6.01. The molecule has 92 valence electrons. The molecule has 0 aromatic carbocycles. The summed E-state index contributed by atoms with van der Waals surface area (Å²) >= 11 is 4.99. The van der Waals surface area contributed by atoms with E-state index in [4.69, 9.17) is 18.0 Å². The first kappa shape index (κ1) is 13.4. The van der Waals surface area contributed by atoms with Crippen LogP contribution in [-0.2, 0) is 4.79 Å². The number of rotatable bonds is 4. The summed E-state index contributed by atoms with van der Waals surface area (Å²) in [6.45, 7) is 3.98. The lowest BCUT2D eigenvalue weighted by Gasteiger charge is -2.30. The average molecular weight is 242 g/mol. The smallest absolute Gasteiger partial charge is 0.232 e. The van der Waals surface area contributed by atoms with E-state index in [2.05, 4.69) is 0 Å². The zero-order valence-electron chi connectivity index (χ0n) is 10.4. The number of carbonyl (C=O) groups is 1. The summed E-state index contributed by atoms with van der Waals surface area (Å²) in [5, 5.41) is 0. The lowest BCUT2D eigenvalue weighted by atomic mass is 9.94. The molecule has 0 saturated heterocycles. The summed E-state index contributed by atoms with van der Waals surface area (Å²) in [4.78, 5) is 14.5. The molecule has 1 atom stereocenters. The summed E-state index contributed by atoms with van der Waals surface area (Å²) < 4.78 is 0. The molecule has 16 heavy (non-hydrogen) atoms. The number of hydrogen-bond donors (Lipinski definition) is 1. The van der Waals surface area contributed by atoms with Crippen LogP contribution in [0.2, 0.25) is 0 Å². The van der Waals surface area contributed by atoms with Gasteiger partial charge in [0.05, 0.1) is 10.9 Å². The number of thiocarbonyl (C=S) groups is 1. The third-order valence-electron chi connectivity index (χ3n) is 3.46. The lowest BCUT2D eigenvalue weighted by Crippen LogP contribution is -2.45. The molecule has 4 heteroatoms. The largest absolute Gasteiger partial charge is 0.393 e. The van der Waals surface area contributed by atoms with Gasteiger partial charge in [-0.3, -0.25) is 4.79 Å². The molecule has 0 spiro atoms. The highest BCUT2D eigenvalue weighted by molar-refractivity contribution is 7.80. The van der Waals surface area contributed by atoms with Crippen LogP contribution < -0.4 is 5.73 Å². The highest BCUT2D eigenvalue weighted by Gasteiger charge is 2.31. The Morgan fingerprint density at radius 2 is 1.88 bits per heavy atom. The Bertz CT molecular complexity index is 272. The summed E-state index contributed by atoms with van der Waals surface area (Å²) in [5.41, 5.74) is 5.66. The fourth-order valence-corrected chi connectivity index (χ4v) is 2.80. The van der Waals surface area contributed by atoms with Crippen molar-refractivity contribution < 1.29 is 4.79 Å². The minimum Gasteiger partial charge on any atom is -0.393 e. The van der Waals surface area contributed by atoms with Crippen molar-refractivity contribution in [3.8, 4) is 0 Å². The molecule has 2 N–H and O–H groups in total. The Morgan fingerprint density at radius 3 is 2.25 bits per heavy atom. The summed E-state index contributed by atoms with van der Waals surface area (Å²) in [6, 6.07) is 0.392. The SMILES string of the molecule is CC(C)C(C(=O)N(C)C1CCCC1)C(N)=S. The van der Waals surface area contributed by atoms with E-state index in [-0.39, 0.29) is 17.7 Å². The highest BCUT2D eigenvalue weighted by Crippen LogP contribution is 2.25. The molecule has 1 saturated carbocycles. The molecule has 0 aromatic heterocycles. The third kappa shape index (κ3) is 2.94. The molecule has 1 unspecified atom stereocenters. The molecule has 0 bridgehead atoms. The van der Waals surface area contributed by atoms with E-state index < -0.39 is 0 Å². The molecule has 1 aliphatic rings.